The molecule has 0 aromatic heterocycles. The molecule has 0 aliphatic carbocycles. The molecule has 4 atom stereocenters. The van der Waals surface area contributed by atoms with Gasteiger partial charge in [-0.05, 0) is 57.0 Å². The van der Waals surface area contributed by atoms with E-state index in [0.29, 0.717) is 5.69 Å². The van der Waals surface area contributed by atoms with Gasteiger partial charge in [-0.3, -0.25) is 19.3 Å². The summed E-state index contributed by atoms with van der Waals surface area (Å²) < 4.78 is 0.854. The molecule has 8 heteroatoms. The van der Waals surface area contributed by atoms with Crippen molar-refractivity contribution >= 4 is 45.4 Å². The van der Waals surface area contributed by atoms with Gasteiger partial charge in [-0.1, -0.05) is 53.2 Å². The van der Waals surface area contributed by atoms with Gasteiger partial charge in [-0.15, -0.1) is 0 Å². The molecule has 0 unspecified atom stereocenters. The van der Waals surface area contributed by atoms with Gasteiger partial charge >= 0.3 is 6.03 Å². The predicted molar refractivity (Wildman–Crippen MR) is 130 cm³/mol. The first-order valence-electron chi connectivity index (χ1n) is 11.4. The van der Waals surface area contributed by atoms with Crippen LogP contribution in [0.1, 0.15) is 45.7 Å². The van der Waals surface area contributed by atoms with Crippen molar-refractivity contribution in [1.82, 2.24) is 9.80 Å². The molecular formula is C26H26BrN3O4. The zero-order valence-corrected chi connectivity index (χ0v) is 21.1. The molecule has 34 heavy (non-hydrogen) atoms. The highest BCUT2D eigenvalue weighted by Gasteiger charge is 2.77. The maximum atomic E-state index is 14.1. The number of likely N-dealkylation sites (tertiary alicyclic amines) is 1. The van der Waals surface area contributed by atoms with E-state index in [0.717, 1.165) is 10.0 Å². The lowest BCUT2D eigenvalue weighted by Crippen LogP contribution is -2.55. The van der Waals surface area contributed by atoms with Gasteiger partial charge < -0.3 is 4.90 Å². The Labute approximate surface area is 206 Å². The number of halogens is 1. The van der Waals surface area contributed by atoms with Crippen molar-refractivity contribution in [3.05, 3.63) is 64.6 Å². The topological polar surface area (TPSA) is 78.0 Å². The van der Waals surface area contributed by atoms with Crippen molar-refractivity contribution in [2.45, 2.75) is 51.2 Å². The van der Waals surface area contributed by atoms with Crippen molar-refractivity contribution in [1.29, 1.82) is 0 Å². The maximum Gasteiger partial charge on any atom is 0.332 e. The van der Waals surface area contributed by atoms with Gasteiger partial charge in [-0.25, -0.2) is 9.69 Å². The Bertz CT molecular complexity index is 1210. The van der Waals surface area contributed by atoms with Gasteiger partial charge in [0.25, 0.3) is 5.91 Å². The maximum absolute atomic E-state index is 14.1. The molecule has 0 N–H and O–H groups in total. The number of imide groups is 2. The molecule has 0 bridgehead atoms. The fraction of sp³-hybridized carbons (Fsp3) is 0.385. The summed E-state index contributed by atoms with van der Waals surface area (Å²) in [4.78, 5) is 59.7. The third kappa shape index (κ3) is 2.81. The number of anilines is 1. The van der Waals surface area contributed by atoms with Gasteiger partial charge in [0.2, 0.25) is 11.8 Å². The van der Waals surface area contributed by atoms with Crippen molar-refractivity contribution in [3.63, 3.8) is 0 Å². The minimum atomic E-state index is -1.43. The van der Waals surface area contributed by atoms with E-state index in [1.807, 2.05) is 58.0 Å². The second-order valence-electron chi connectivity index (χ2n) is 10.1. The van der Waals surface area contributed by atoms with Gasteiger partial charge in [-0.2, -0.15) is 0 Å². The molecule has 3 saturated heterocycles. The van der Waals surface area contributed by atoms with E-state index in [1.54, 1.807) is 24.3 Å². The van der Waals surface area contributed by atoms with Crippen LogP contribution in [0.5, 0.6) is 0 Å². The third-order valence-electron chi connectivity index (χ3n) is 7.32. The number of hydrogen-bond acceptors (Lipinski definition) is 4. The lowest BCUT2D eigenvalue weighted by atomic mass is 9.77. The number of carbonyl (C=O) groups is 4. The highest BCUT2D eigenvalue weighted by Crippen LogP contribution is 2.60. The summed E-state index contributed by atoms with van der Waals surface area (Å²) in [5.74, 6) is -2.92. The molecule has 0 saturated carbocycles. The molecule has 3 aliphatic heterocycles. The first kappa shape index (κ1) is 22.8. The van der Waals surface area contributed by atoms with E-state index in [-0.39, 0.29) is 18.2 Å². The zero-order chi connectivity index (χ0) is 24.6. The molecule has 3 heterocycles. The Morgan fingerprint density at radius 2 is 1.53 bits per heavy atom. The quantitative estimate of drug-likeness (QED) is 0.437. The number of benzene rings is 2. The predicted octanol–water partition coefficient (Wildman–Crippen LogP) is 4.52. The van der Waals surface area contributed by atoms with Crippen LogP contribution < -0.4 is 4.90 Å². The monoisotopic (exact) mass is 523 g/mol. The molecule has 176 valence electrons. The zero-order valence-electron chi connectivity index (χ0n) is 19.5. The average Bonchev–Trinajstić information content (AvgIpc) is 3.33. The minimum absolute atomic E-state index is 0.228. The molecule has 5 rings (SSSR count). The molecular weight excluding hydrogens is 498 g/mol. The van der Waals surface area contributed by atoms with Crippen LogP contribution in [0.15, 0.2) is 59.1 Å². The van der Waals surface area contributed by atoms with Gasteiger partial charge in [0.05, 0.1) is 23.6 Å². The summed E-state index contributed by atoms with van der Waals surface area (Å²) in [6.07, 6.45) is 0.228. The fourth-order valence-corrected chi connectivity index (χ4v) is 6.27. The fourth-order valence-electron chi connectivity index (χ4n) is 6.01. The number of rotatable bonds is 3. The Balaban J connectivity index is 1.75. The Hall–Kier alpha value is -3.00. The van der Waals surface area contributed by atoms with E-state index in [2.05, 4.69) is 15.9 Å². The van der Waals surface area contributed by atoms with Crippen LogP contribution in [0.2, 0.25) is 0 Å². The van der Waals surface area contributed by atoms with Crippen molar-refractivity contribution in [2.24, 2.45) is 11.8 Å². The SMILES string of the molecule is CC[C@@]12C(=O)N(c3ccccc3)C(=O)N1[C@H](c1ccc(Br)cc1)[C@@H]1C(=O)N(C(C)(C)C)C(=O)[C@@H]12. The summed E-state index contributed by atoms with van der Waals surface area (Å²) in [7, 11) is 0. The van der Waals surface area contributed by atoms with Crippen LogP contribution >= 0.6 is 15.9 Å². The van der Waals surface area contributed by atoms with Crippen LogP contribution in [-0.2, 0) is 14.4 Å². The molecule has 0 radical (unpaired) electrons. The summed E-state index contributed by atoms with van der Waals surface area (Å²) >= 11 is 3.44. The Kier molecular flexibility index (Phi) is 5.02. The standard InChI is InChI=1S/C26H26BrN3O4/c1-5-26-19-18(21(31)30(22(19)32)25(2,3)4)20(15-11-13-16(27)14-12-15)29(26)24(34)28(23(26)33)17-9-7-6-8-10-17/h6-14,18-20H,5H2,1-4H3/t18-,19-,20-,26-/m1/s1. The van der Waals surface area contributed by atoms with Crippen LogP contribution in [0.3, 0.4) is 0 Å². The van der Waals surface area contributed by atoms with E-state index in [1.165, 1.54) is 14.7 Å². The molecule has 3 fully saturated rings. The van der Waals surface area contributed by atoms with Crippen molar-refractivity contribution in [2.75, 3.05) is 4.90 Å². The Morgan fingerprint density at radius 1 is 0.912 bits per heavy atom. The number of fused-ring (bicyclic) bond motifs is 3. The van der Waals surface area contributed by atoms with Gasteiger partial charge in [0.15, 0.2) is 0 Å². The Morgan fingerprint density at radius 3 is 2.09 bits per heavy atom. The van der Waals surface area contributed by atoms with Gasteiger partial charge in [0.1, 0.15) is 5.54 Å². The lowest BCUT2D eigenvalue weighted by Gasteiger charge is -2.37. The minimum Gasteiger partial charge on any atom is -0.300 e. The summed E-state index contributed by atoms with van der Waals surface area (Å²) in [6, 6.07) is 14.9. The molecule has 7 nitrogen and oxygen atoms in total. The van der Waals surface area contributed by atoms with Crippen molar-refractivity contribution < 1.29 is 19.2 Å². The van der Waals surface area contributed by atoms with Crippen molar-refractivity contribution in [3.8, 4) is 0 Å². The number of nitrogens with zero attached hydrogens (tertiary/aromatic N) is 3. The van der Waals surface area contributed by atoms with Crippen LogP contribution in [-0.4, -0.2) is 44.6 Å². The second kappa shape index (κ2) is 7.50. The third-order valence-corrected chi connectivity index (χ3v) is 7.85. The number of para-hydroxylation sites is 1. The van der Waals surface area contributed by atoms with Crippen LogP contribution in [0, 0.1) is 11.8 Å². The average molecular weight is 524 g/mol. The highest BCUT2D eigenvalue weighted by atomic mass is 79.9. The molecule has 2 aromatic carbocycles. The number of hydrogen-bond donors (Lipinski definition) is 0. The molecule has 5 amide bonds. The number of amides is 5. The highest BCUT2D eigenvalue weighted by molar-refractivity contribution is 9.10. The van der Waals surface area contributed by atoms with Crippen LogP contribution in [0.25, 0.3) is 0 Å². The van der Waals surface area contributed by atoms with Gasteiger partial charge in [0, 0.05) is 10.0 Å². The first-order valence-corrected chi connectivity index (χ1v) is 12.2. The second-order valence-corrected chi connectivity index (χ2v) is 11.0. The number of carbonyl (C=O) groups excluding carboxylic acids is 4. The molecule has 3 aliphatic rings. The first-order chi connectivity index (χ1) is 16.1. The van der Waals surface area contributed by atoms with Crippen LogP contribution in [0.4, 0.5) is 10.5 Å². The van der Waals surface area contributed by atoms with E-state index >= 15 is 0 Å². The molecule has 2 aromatic rings. The summed E-state index contributed by atoms with van der Waals surface area (Å²) in [6.45, 7) is 7.25. The van der Waals surface area contributed by atoms with E-state index < -0.39 is 40.9 Å². The van der Waals surface area contributed by atoms with E-state index in [9.17, 15) is 19.2 Å². The smallest absolute Gasteiger partial charge is 0.300 e. The summed E-state index contributed by atoms with van der Waals surface area (Å²) in [5.41, 5.74) is -0.994. The normalized spacial score (nSPS) is 28.7. The van der Waals surface area contributed by atoms with E-state index in [4.69, 9.17) is 0 Å². The largest absolute Gasteiger partial charge is 0.332 e. The lowest BCUT2D eigenvalue weighted by molar-refractivity contribution is -0.149. The molecule has 0 spiro atoms. The number of urea groups is 1. The summed E-state index contributed by atoms with van der Waals surface area (Å²) in [5, 5.41) is 0.